The van der Waals surface area contributed by atoms with Crippen LogP contribution in [0.5, 0.6) is 0 Å². The molecular formula is C17H17N3O2. The van der Waals surface area contributed by atoms with Gasteiger partial charge in [-0.3, -0.25) is 4.79 Å². The minimum absolute atomic E-state index is 0.0662. The molecule has 1 aliphatic heterocycles. The van der Waals surface area contributed by atoms with Crippen LogP contribution in [-0.4, -0.2) is 19.0 Å². The van der Waals surface area contributed by atoms with Crippen LogP contribution in [0.1, 0.15) is 11.1 Å². The van der Waals surface area contributed by atoms with Crippen molar-refractivity contribution < 1.29 is 9.59 Å². The number of nitrogens with one attached hydrogen (secondary N) is 2. The van der Waals surface area contributed by atoms with E-state index in [1.165, 1.54) is 0 Å². The van der Waals surface area contributed by atoms with Gasteiger partial charge in [-0.1, -0.05) is 18.2 Å². The highest BCUT2D eigenvalue weighted by Gasteiger charge is 2.24. The molecule has 0 aromatic heterocycles. The third-order valence-electron chi connectivity index (χ3n) is 3.81. The number of fused-ring (bicyclic) bond motifs is 1. The lowest BCUT2D eigenvalue weighted by atomic mass is 10.1. The molecule has 112 valence electrons. The third-order valence-corrected chi connectivity index (χ3v) is 3.81. The number of hydrogen-bond acceptors (Lipinski definition) is 2. The molecule has 1 aliphatic rings. The fourth-order valence-electron chi connectivity index (χ4n) is 2.55. The second-order valence-electron chi connectivity index (χ2n) is 5.37. The van der Waals surface area contributed by atoms with Gasteiger partial charge in [-0.25, -0.2) is 4.79 Å². The molecule has 3 rings (SSSR count). The van der Waals surface area contributed by atoms with Crippen molar-refractivity contribution in [3.05, 3.63) is 53.6 Å². The van der Waals surface area contributed by atoms with Crippen molar-refractivity contribution in [3.8, 4) is 0 Å². The lowest BCUT2D eigenvalue weighted by molar-refractivity contribution is -0.117. The quantitative estimate of drug-likeness (QED) is 0.894. The number of carbonyl (C=O) groups is 2. The van der Waals surface area contributed by atoms with Gasteiger partial charge < -0.3 is 15.5 Å². The zero-order chi connectivity index (χ0) is 15.7. The van der Waals surface area contributed by atoms with Gasteiger partial charge >= 0.3 is 6.03 Å². The fraction of sp³-hybridized carbons (Fsp3) is 0.176. The first kappa shape index (κ1) is 14.1. The highest BCUT2D eigenvalue weighted by atomic mass is 16.2. The molecule has 0 saturated carbocycles. The molecule has 0 bridgehead atoms. The summed E-state index contributed by atoms with van der Waals surface area (Å²) in [5.41, 5.74) is 4.28. The van der Waals surface area contributed by atoms with Gasteiger partial charge in [0.1, 0.15) is 0 Å². The summed E-state index contributed by atoms with van der Waals surface area (Å²) in [6.07, 6.45) is 0.376. The molecule has 1 heterocycles. The van der Waals surface area contributed by atoms with Crippen molar-refractivity contribution in [1.29, 1.82) is 0 Å². The Morgan fingerprint density at radius 3 is 2.68 bits per heavy atom. The summed E-state index contributed by atoms with van der Waals surface area (Å²) in [5.74, 6) is 0.0662. The summed E-state index contributed by atoms with van der Waals surface area (Å²) >= 11 is 0. The van der Waals surface area contributed by atoms with Crippen LogP contribution in [0.4, 0.5) is 21.9 Å². The Hall–Kier alpha value is -2.82. The number of carbonyl (C=O) groups excluding carboxylic acids is 2. The zero-order valence-corrected chi connectivity index (χ0v) is 12.5. The highest BCUT2D eigenvalue weighted by Crippen LogP contribution is 2.30. The molecule has 0 unspecified atom stereocenters. The largest absolute Gasteiger partial charge is 0.323 e. The van der Waals surface area contributed by atoms with E-state index in [2.05, 4.69) is 10.6 Å². The van der Waals surface area contributed by atoms with Crippen LogP contribution in [0.3, 0.4) is 0 Å². The Balaban J connectivity index is 1.72. The molecule has 0 spiro atoms. The van der Waals surface area contributed by atoms with Crippen LogP contribution in [0.15, 0.2) is 42.5 Å². The maximum absolute atomic E-state index is 12.1. The SMILES string of the molecule is Cc1ccccc1NC(=O)Nc1ccc2c(c1)CC(=O)N2C. The first-order valence-corrected chi connectivity index (χ1v) is 7.08. The van der Waals surface area contributed by atoms with Crippen LogP contribution in [0.25, 0.3) is 0 Å². The number of amides is 3. The van der Waals surface area contributed by atoms with Crippen LogP contribution < -0.4 is 15.5 Å². The Bertz CT molecular complexity index is 755. The first-order valence-electron chi connectivity index (χ1n) is 7.08. The number of anilines is 3. The molecule has 5 heteroatoms. The predicted molar refractivity (Wildman–Crippen MR) is 87.4 cm³/mol. The van der Waals surface area contributed by atoms with Gasteiger partial charge in [0, 0.05) is 24.1 Å². The minimum Gasteiger partial charge on any atom is -0.315 e. The van der Waals surface area contributed by atoms with E-state index in [1.54, 1.807) is 18.0 Å². The Morgan fingerprint density at radius 1 is 1.14 bits per heavy atom. The van der Waals surface area contributed by atoms with Gasteiger partial charge in [0.15, 0.2) is 0 Å². The van der Waals surface area contributed by atoms with Gasteiger partial charge in [-0.2, -0.15) is 0 Å². The van der Waals surface area contributed by atoms with Gasteiger partial charge in [-0.15, -0.1) is 0 Å². The smallest absolute Gasteiger partial charge is 0.315 e. The Kier molecular flexibility index (Phi) is 3.55. The van der Waals surface area contributed by atoms with Gasteiger partial charge in [-0.05, 0) is 42.3 Å². The minimum atomic E-state index is -0.299. The van der Waals surface area contributed by atoms with Crippen LogP contribution in [0.2, 0.25) is 0 Å². The number of nitrogens with zero attached hydrogens (tertiary/aromatic N) is 1. The van der Waals surface area contributed by atoms with E-state index >= 15 is 0 Å². The van der Waals surface area contributed by atoms with Gasteiger partial charge in [0.05, 0.1) is 6.42 Å². The van der Waals surface area contributed by atoms with E-state index in [9.17, 15) is 9.59 Å². The van der Waals surface area contributed by atoms with E-state index in [0.717, 1.165) is 22.5 Å². The van der Waals surface area contributed by atoms with E-state index in [4.69, 9.17) is 0 Å². The number of para-hydroxylation sites is 1. The van der Waals surface area contributed by atoms with Crippen molar-refractivity contribution >= 4 is 29.0 Å². The number of aryl methyl sites for hydroxylation is 1. The Morgan fingerprint density at radius 2 is 1.91 bits per heavy atom. The van der Waals surface area contributed by atoms with Crippen LogP contribution in [-0.2, 0) is 11.2 Å². The van der Waals surface area contributed by atoms with E-state index < -0.39 is 0 Å². The van der Waals surface area contributed by atoms with E-state index in [1.807, 2.05) is 43.3 Å². The average Bonchev–Trinajstić information content (AvgIpc) is 2.76. The molecule has 5 nitrogen and oxygen atoms in total. The van der Waals surface area contributed by atoms with Crippen molar-refractivity contribution in [2.45, 2.75) is 13.3 Å². The second kappa shape index (κ2) is 5.52. The number of hydrogen-bond donors (Lipinski definition) is 2. The molecule has 0 saturated heterocycles. The highest BCUT2D eigenvalue weighted by molar-refractivity contribution is 6.03. The molecule has 2 N–H and O–H groups in total. The summed E-state index contributed by atoms with van der Waals surface area (Å²) in [6.45, 7) is 1.94. The zero-order valence-electron chi connectivity index (χ0n) is 12.5. The molecule has 0 fully saturated rings. The van der Waals surface area contributed by atoms with Gasteiger partial charge in [0.2, 0.25) is 5.91 Å². The summed E-state index contributed by atoms with van der Waals surface area (Å²) in [5, 5.41) is 5.61. The number of rotatable bonds is 2. The number of urea groups is 1. The lowest BCUT2D eigenvalue weighted by Crippen LogP contribution is -2.20. The van der Waals surface area contributed by atoms with Crippen molar-refractivity contribution in [2.75, 3.05) is 22.6 Å². The fourth-order valence-corrected chi connectivity index (χ4v) is 2.55. The maximum atomic E-state index is 12.1. The molecule has 2 aromatic rings. The molecule has 2 aromatic carbocycles. The topological polar surface area (TPSA) is 61.4 Å². The standard InChI is InChI=1S/C17H17N3O2/c1-11-5-3-4-6-14(11)19-17(22)18-13-7-8-15-12(9-13)10-16(21)20(15)2/h3-9H,10H2,1-2H3,(H2,18,19,22). The second-order valence-corrected chi connectivity index (χ2v) is 5.37. The third kappa shape index (κ3) is 2.65. The van der Waals surface area contributed by atoms with Crippen molar-refractivity contribution in [3.63, 3.8) is 0 Å². The summed E-state index contributed by atoms with van der Waals surface area (Å²) < 4.78 is 0. The number of likely N-dealkylation sites (N-methyl/N-ethyl adjacent to an activating group) is 1. The molecule has 22 heavy (non-hydrogen) atoms. The monoisotopic (exact) mass is 295 g/mol. The van der Waals surface area contributed by atoms with Crippen molar-refractivity contribution in [2.24, 2.45) is 0 Å². The molecule has 0 radical (unpaired) electrons. The summed E-state index contributed by atoms with van der Waals surface area (Å²) in [4.78, 5) is 25.4. The van der Waals surface area contributed by atoms with Crippen LogP contribution >= 0.6 is 0 Å². The summed E-state index contributed by atoms with van der Waals surface area (Å²) in [7, 11) is 1.76. The maximum Gasteiger partial charge on any atom is 0.323 e. The Labute approximate surface area is 128 Å². The lowest BCUT2D eigenvalue weighted by Gasteiger charge is -2.12. The summed E-state index contributed by atoms with van der Waals surface area (Å²) in [6, 6.07) is 12.8. The average molecular weight is 295 g/mol. The molecular weight excluding hydrogens is 278 g/mol. The van der Waals surface area contributed by atoms with E-state index in [0.29, 0.717) is 12.1 Å². The predicted octanol–water partition coefficient (Wildman–Crippen LogP) is 3.16. The normalized spacial score (nSPS) is 13.0. The van der Waals surface area contributed by atoms with Gasteiger partial charge in [0.25, 0.3) is 0 Å². The van der Waals surface area contributed by atoms with Crippen molar-refractivity contribution in [1.82, 2.24) is 0 Å². The molecule has 0 aliphatic carbocycles. The molecule has 3 amide bonds. The molecule has 0 atom stereocenters. The van der Waals surface area contributed by atoms with E-state index in [-0.39, 0.29) is 11.9 Å². The number of benzene rings is 2. The first-order chi connectivity index (χ1) is 10.5. The van der Waals surface area contributed by atoms with Crippen LogP contribution in [0, 0.1) is 6.92 Å².